The van der Waals surface area contributed by atoms with Crippen LogP contribution in [0.5, 0.6) is 0 Å². The van der Waals surface area contributed by atoms with Gasteiger partial charge in [-0.2, -0.15) is 8.42 Å². The number of nitrogens with one attached hydrogen (secondary N) is 2. The smallest absolute Gasteiger partial charge is 0.397 e. The van der Waals surface area contributed by atoms with Crippen molar-refractivity contribution >= 4 is 10.4 Å². The number of rotatable bonds is 16. The third kappa shape index (κ3) is 11.0. The van der Waals surface area contributed by atoms with Crippen molar-refractivity contribution in [3.63, 3.8) is 0 Å². The lowest BCUT2D eigenvalue weighted by atomic mass is 9.43. The summed E-state index contributed by atoms with van der Waals surface area (Å²) in [6.45, 7) is 15.3. The Hall–Kier alpha value is -0.450. The average molecular weight is 700 g/mol. The van der Waals surface area contributed by atoms with Crippen molar-refractivity contribution in [1.29, 1.82) is 0 Å². The number of fused-ring (bicyclic) bond motifs is 5. The summed E-state index contributed by atoms with van der Waals surface area (Å²) in [6, 6.07) is 0.573. The van der Waals surface area contributed by atoms with Gasteiger partial charge in [-0.15, -0.1) is 0 Å². The van der Waals surface area contributed by atoms with E-state index in [4.69, 9.17) is 9.92 Å². The monoisotopic (exact) mass is 700 g/mol. The van der Waals surface area contributed by atoms with Crippen molar-refractivity contribution < 1.29 is 44.2 Å². The molecule has 284 valence electrons. The highest BCUT2D eigenvalue weighted by atomic mass is 32.3. The van der Waals surface area contributed by atoms with Crippen molar-refractivity contribution in [2.45, 2.75) is 136 Å². The van der Waals surface area contributed by atoms with E-state index in [9.17, 15) is 18.1 Å². The van der Waals surface area contributed by atoms with E-state index < -0.39 is 16.5 Å². The predicted octanol–water partition coefficient (Wildman–Crippen LogP) is 2.25. The van der Waals surface area contributed by atoms with Gasteiger partial charge in [0.15, 0.2) is 0 Å². The lowest BCUT2D eigenvalue weighted by Crippen LogP contribution is -2.59. The Bertz CT molecular complexity index is 992. The molecular weight excluding hydrogens is 626 g/mol. The highest BCUT2D eigenvalue weighted by molar-refractivity contribution is 7.80. The quantitative estimate of drug-likeness (QED) is 0.118. The Balaban J connectivity index is 0.00000529. The van der Waals surface area contributed by atoms with Crippen LogP contribution >= 0.6 is 0 Å². The van der Waals surface area contributed by atoms with Gasteiger partial charge < -0.3 is 43.4 Å². The van der Waals surface area contributed by atoms with Crippen LogP contribution in [-0.2, 0) is 14.6 Å². The fraction of sp³-hybridized carbons (Fsp3) is 1.00. The minimum atomic E-state index is -4.45. The molecule has 0 radical (unpaired) electrons. The number of unbranched alkanes of at least 4 members (excludes halogenated alkanes) is 1. The number of hydrogen-bond donors (Lipinski definition) is 5. The maximum atomic E-state index is 11.8. The zero-order valence-corrected chi connectivity index (χ0v) is 30.7. The number of hydrogen-bond acceptors (Lipinski definition) is 7. The fourth-order valence-corrected chi connectivity index (χ4v) is 11.3. The Morgan fingerprint density at radius 3 is 2.13 bits per heavy atom. The molecular formula is C34H73N3O9S. The van der Waals surface area contributed by atoms with E-state index in [1.807, 2.05) is 13.8 Å². The van der Waals surface area contributed by atoms with Crippen molar-refractivity contribution in [2.24, 2.45) is 58.0 Å². The second-order valence-electron chi connectivity index (χ2n) is 15.9. The van der Waals surface area contributed by atoms with E-state index in [-0.39, 0.29) is 39.3 Å². The molecule has 4 aliphatic rings. The first kappa shape index (κ1) is 46.5. The molecule has 11 atom stereocenters. The van der Waals surface area contributed by atoms with Crippen molar-refractivity contribution in [2.75, 3.05) is 26.2 Å². The van der Waals surface area contributed by atoms with Gasteiger partial charge in [0.05, 0.1) is 12.2 Å². The molecule has 47 heavy (non-hydrogen) atoms. The van der Waals surface area contributed by atoms with Crippen LogP contribution < -0.4 is 16.4 Å². The molecule has 14 N–H and O–H groups in total. The normalized spacial score (nSPS) is 35.9. The summed E-state index contributed by atoms with van der Waals surface area (Å²) in [4.78, 5) is 0. The molecule has 4 aliphatic carbocycles. The minimum Gasteiger partial charge on any atom is -0.412 e. The summed E-state index contributed by atoms with van der Waals surface area (Å²) < 4.78 is 37.1. The lowest BCUT2D eigenvalue weighted by molar-refractivity contribution is -0.167. The maximum Gasteiger partial charge on any atom is 0.397 e. The standard InChI is InChI=1S/C34H65N3O5S.4H2O/c1-23(2)31(42-43(39,40)41)12-9-24(3)27-10-11-28-32-29(14-16-34(27,28)5)33(4)15-13-26(21-25(33)22-30(32)38)37-20-8-19-36-18-7-6-17-35;;;;/h23-32,36-38H,6-22,35H2,1-5H3,(H,39,40,41);4*1H2/t24?,25-,26?,27-,28+,29+,30?,31?,32+,33?,34?;;;;/m1..../s1. The molecule has 4 saturated carbocycles. The Kier molecular flexibility index (Phi) is 19.6. The van der Waals surface area contributed by atoms with E-state index in [2.05, 4.69) is 31.4 Å². The first-order chi connectivity index (χ1) is 20.3. The molecule has 0 bridgehead atoms. The van der Waals surface area contributed by atoms with Crippen LogP contribution in [-0.4, -0.2) is 84.4 Å². The maximum absolute atomic E-state index is 11.8. The zero-order valence-electron chi connectivity index (χ0n) is 29.9. The van der Waals surface area contributed by atoms with E-state index in [0.29, 0.717) is 53.4 Å². The summed E-state index contributed by atoms with van der Waals surface area (Å²) in [6.07, 6.45) is 13.7. The Morgan fingerprint density at radius 2 is 1.49 bits per heavy atom. The summed E-state index contributed by atoms with van der Waals surface area (Å²) in [5.41, 5.74) is 6.13. The summed E-state index contributed by atoms with van der Waals surface area (Å²) >= 11 is 0. The van der Waals surface area contributed by atoms with Gasteiger partial charge in [-0.25, -0.2) is 4.18 Å². The molecule has 4 rings (SSSR count). The van der Waals surface area contributed by atoms with Gasteiger partial charge in [-0.05, 0) is 162 Å². The van der Waals surface area contributed by atoms with Crippen LogP contribution in [0.4, 0.5) is 0 Å². The highest BCUT2D eigenvalue weighted by Crippen LogP contribution is 2.68. The summed E-state index contributed by atoms with van der Waals surface area (Å²) in [7, 11) is -4.45. The molecule has 12 nitrogen and oxygen atoms in total. The van der Waals surface area contributed by atoms with Crippen molar-refractivity contribution in [3.8, 4) is 0 Å². The number of nitrogens with two attached hydrogens (primary N) is 1. The van der Waals surface area contributed by atoms with Gasteiger partial charge in [0.1, 0.15) is 0 Å². The molecule has 0 aliphatic heterocycles. The van der Waals surface area contributed by atoms with Crippen LogP contribution in [0, 0.1) is 52.3 Å². The average Bonchev–Trinajstić information content (AvgIpc) is 3.29. The molecule has 0 saturated heterocycles. The van der Waals surface area contributed by atoms with Crippen LogP contribution in [0.1, 0.15) is 118 Å². The molecule has 0 amide bonds. The van der Waals surface area contributed by atoms with E-state index in [0.717, 1.165) is 58.3 Å². The van der Waals surface area contributed by atoms with Crippen LogP contribution in [0.15, 0.2) is 0 Å². The molecule has 13 heteroatoms. The van der Waals surface area contributed by atoms with Gasteiger partial charge >= 0.3 is 10.4 Å². The van der Waals surface area contributed by atoms with Gasteiger partial charge in [-0.3, -0.25) is 4.55 Å². The fourth-order valence-electron chi connectivity index (χ4n) is 10.7. The molecule has 0 spiro atoms. The first-order valence-electron chi connectivity index (χ1n) is 17.8. The van der Waals surface area contributed by atoms with Crippen LogP contribution in [0.2, 0.25) is 0 Å². The third-order valence-corrected chi connectivity index (χ3v) is 13.6. The third-order valence-electron chi connectivity index (χ3n) is 13.1. The van der Waals surface area contributed by atoms with Gasteiger partial charge in [0.2, 0.25) is 0 Å². The van der Waals surface area contributed by atoms with E-state index >= 15 is 0 Å². The zero-order chi connectivity index (χ0) is 31.4. The van der Waals surface area contributed by atoms with Gasteiger partial charge in [-0.1, -0.05) is 34.6 Å². The van der Waals surface area contributed by atoms with Crippen LogP contribution in [0.3, 0.4) is 0 Å². The molecule has 0 heterocycles. The Labute approximate surface area is 285 Å². The summed E-state index contributed by atoms with van der Waals surface area (Å²) in [5, 5.41) is 19.2. The Morgan fingerprint density at radius 1 is 0.851 bits per heavy atom. The molecule has 4 fully saturated rings. The van der Waals surface area contributed by atoms with Gasteiger partial charge in [0.25, 0.3) is 0 Å². The second kappa shape index (κ2) is 19.8. The van der Waals surface area contributed by atoms with E-state index in [1.54, 1.807) is 0 Å². The molecule has 6 unspecified atom stereocenters. The lowest BCUT2D eigenvalue weighted by Gasteiger charge is -2.62. The molecule has 0 aromatic carbocycles. The van der Waals surface area contributed by atoms with Gasteiger partial charge in [0, 0.05) is 6.04 Å². The highest BCUT2D eigenvalue weighted by Gasteiger charge is 2.62. The van der Waals surface area contributed by atoms with Crippen molar-refractivity contribution in [3.05, 3.63) is 0 Å². The van der Waals surface area contributed by atoms with Crippen LogP contribution in [0.25, 0.3) is 0 Å². The topological polar surface area (TPSA) is 260 Å². The van der Waals surface area contributed by atoms with Crippen molar-refractivity contribution in [1.82, 2.24) is 10.6 Å². The summed E-state index contributed by atoms with van der Waals surface area (Å²) in [5.74, 6) is 3.21. The molecule has 0 aromatic rings. The first-order valence-corrected chi connectivity index (χ1v) is 19.1. The number of aliphatic hydroxyl groups excluding tert-OH is 1. The SMILES string of the molecule is CC(C)C(CCC(C)[C@H]1CC[C@H]2[C@@H]3C(O)C[C@H]4CC(NCCCNCCCCN)CCC4(C)[C@H]3CCC12C)OS(=O)(=O)O.O.O.O.O. The van der Waals surface area contributed by atoms with E-state index in [1.165, 1.54) is 44.9 Å². The second-order valence-corrected chi connectivity index (χ2v) is 17.0. The molecule has 0 aromatic heterocycles. The predicted molar refractivity (Wildman–Crippen MR) is 188 cm³/mol. The number of aliphatic hydroxyl groups is 1. The largest absolute Gasteiger partial charge is 0.412 e. The minimum absolute atomic E-state index is 0.